The van der Waals surface area contributed by atoms with Crippen molar-refractivity contribution in [2.75, 3.05) is 19.8 Å². The molecule has 4 aromatic rings. The Morgan fingerprint density at radius 1 is 1.16 bits per heavy atom. The van der Waals surface area contributed by atoms with Gasteiger partial charge in [-0.1, -0.05) is 6.07 Å². The third kappa shape index (κ3) is 5.43. The first-order chi connectivity index (χ1) is 17.9. The summed E-state index contributed by atoms with van der Waals surface area (Å²) >= 11 is 0. The predicted molar refractivity (Wildman–Crippen MR) is 132 cm³/mol. The molecule has 0 bridgehead atoms. The molecular formula is C27H25F3N4O3. The van der Waals surface area contributed by atoms with Crippen LogP contribution in [0.15, 0.2) is 59.7 Å². The van der Waals surface area contributed by atoms with E-state index < -0.39 is 12.2 Å². The van der Waals surface area contributed by atoms with E-state index in [2.05, 4.69) is 15.5 Å². The Hall–Kier alpha value is -3.92. The van der Waals surface area contributed by atoms with E-state index >= 15 is 0 Å². The van der Waals surface area contributed by atoms with Gasteiger partial charge in [0.25, 0.3) is 17.9 Å². The minimum absolute atomic E-state index is 0.0613. The van der Waals surface area contributed by atoms with Crippen LogP contribution in [-0.4, -0.2) is 40.4 Å². The normalized spacial score (nSPS) is 14.4. The highest BCUT2D eigenvalue weighted by atomic mass is 19.3. The number of ether oxygens (including phenoxy) is 1. The van der Waals surface area contributed by atoms with E-state index in [4.69, 9.17) is 4.74 Å². The van der Waals surface area contributed by atoms with Gasteiger partial charge in [-0.3, -0.25) is 14.7 Å². The number of aromatic amines is 1. The van der Waals surface area contributed by atoms with Gasteiger partial charge in [-0.2, -0.15) is 5.10 Å². The summed E-state index contributed by atoms with van der Waals surface area (Å²) in [4.78, 5) is 25.8. The second-order valence-electron chi connectivity index (χ2n) is 9.16. The fraction of sp³-hybridized carbons (Fsp3) is 0.296. The number of rotatable bonds is 7. The molecule has 1 amide bonds. The van der Waals surface area contributed by atoms with Crippen LogP contribution in [0.1, 0.15) is 40.9 Å². The second kappa shape index (κ2) is 10.6. The first-order valence-electron chi connectivity index (χ1n) is 12.0. The van der Waals surface area contributed by atoms with Crippen LogP contribution in [-0.2, 0) is 11.3 Å². The van der Waals surface area contributed by atoms with Gasteiger partial charge in [-0.15, -0.1) is 0 Å². The molecule has 1 aliphatic rings. The fourth-order valence-electron chi connectivity index (χ4n) is 4.63. The summed E-state index contributed by atoms with van der Waals surface area (Å²) in [6.07, 6.45) is 1.92. The zero-order chi connectivity index (χ0) is 25.9. The van der Waals surface area contributed by atoms with Crippen molar-refractivity contribution >= 4 is 16.7 Å². The van der Waals surface area contributed by atoms with E-state index in [1.165, 1.54) is 22.9 Å². The van der Waals surface area contributed by atoms with Gasteiger partial charge in [0.2, 0.25) is 0 Å². The van der Waals surface area contributed by atoms with Crippen molar-refractivity contribution in [2.24, 2.45) is 5.92 Å². The topological polar surface area (TPSA) is 89.0 Å². The van der Waals surface area contributed by atoms with Crippen LogP contribution in [0, 0.1) is 11.7 Å². The lowest BCUT2D eigenvalue weighted by atomic mass is 10.0. The predicted octanol–water partition coefficient (Wildman–Crippen LogP) is 4.67. The van der Waals surface area contributed by atoms with Crippen LogP contribution in [0.2, 0.25) is 0 Å². The Balaban J connectivity index is 1.36. The number of fused-ring (bicyclic) bond motifs is 1. The highest BCUT2D eigenvalue weighted by Crippen LogP contribution is 2.30. The molecule has 0 unspecified atom stereocenters. The molecule has 1 fully saturated rings. The lowest BCUT2D eigenvalue weighted by molar-refractivity contribution is 0.0642. The summed E-state index contributed by atoms with van der Waals surface area (Å²) in [5.41, 5.74) is 0.829. The third-order valence-electron chi connectivity index (χ3n) is 6.64. The maximum absolute atomic E-state index is 14.4. The highest BCUT2D eigenvalue weighted by molar-refractivity contribution is 5.94. The number of carbonyl (C=O) groups excluding carboxylic acids is 1. The van der Waals surface area contributed by atoms with Gasteiger partial charge < -0.3 is 14.6 Å². The van der Waals surface area contributed by atoms with Crippen LogP contribution in [0.3, 0.4) is 0 Å². The van der Waals surface area contributed by atoms with E-state index in [9.17, 15) is 22.8 Å². The number of benzene rings is 2. The van der Waals surface area contributed by atoms with E-state index in [0.717, 1.165) is 12.8 Å². The van der Waals surface area contributed by atoms with Crippen LogP contribution < -0.4 is 10.9 Å². The maximum atomic E-state index is 14.4. The molecule has 10 heteroatoms. The molecule has 3 heterocycles. The molecular weight excluding hydrogens is 485 g/mol. The van der Waals surface area contributed by atoms with E-state index in [0.29, 0.717) is 47.6 Å². The Kier molecular flexibility index (Phi) is 7.09. The SMILES string of the molecule is O=C(NCC1CCOCC1)c1cc(F)cc(Cn2ccc3cc(-c4cn[nH]c4C(F)F)ccc3c2=O)c1. The zero-order valence-corrected chi connectivity index (χ0v) is 19.8. The molecule has 5 rings (SSSR count). The van der Waals surface area contributed by atoms with Crippen molar-refractivity contribution in [3.8, 4) is 11.1 Å². The van der Waals surface area contributed by atoms with Crippen molar-refractivity contribution in [3.63, 3.8) is 0 Å². The third-order valence-corrected chi connectivity index (χ3v) is 6.64. The van der Waals surface area contributed by atoms with Gasteiger partial charge in [-0.05, 0) is 71.7 Å². The smallest absolute Gasteiger partial charge is 0.280 e. The largest absolute Gasteiger partial charge is 0.381 e. The standard InChI is InChI=1S/C27H25F3N4O3/c28-21-10-17(9-20(12-21)26(35)31-13-16-4-7-37-8-5-16)15-34-6-3-19-11-18(1-2-22(19)27(34)36)23-14-32-33-24(23)25(29)30/h1-3,6,9-12,14,16,25H,4-5,7-8,13,15H2,(H,31,35)(H,32,33). The summed E-state index contributed by atoms with van der Waals surface area (Å²) in [7, 11) is 0. The second-order valence-corrected chi connectivity index (χ2v) is 9.16. The number of halogens is 3. The van der Waals surface area contributed by atoms with Crippen LogP contribution in [0.4, 0.5) is 13.2 Å². The number of H-pyrrole nitrogens is 1. The van der Waals surface area contributed by atoms with Crippen LogP contribution in [0.5, 0.6) is 0 Å². The zero-order valence-electron chi connectivity index (χ0n) is 19.8. The minimum Gasteiger partial charge on any atom is -0.381 e. The molecule has 1 saturated heterocycles. The average Bonchev–Trinajstić information content (AvgIpc) is 3.40. The molecule has 192 valence electrons. The number of hydrogen-bond acceptors (Lipinski definition) is 4. The van der Waals surface area contributed by atoms with Gasteiger partial charge >= 0.3 is 0 Å². The number of carbonyl (C=O) groups is 1. The molecule has 2 aromatic heterocycles. The summed E-state index contributed by atoms with van der Waals surface area (Å²) < 4.78 is 47.6. The van der Waals surface area contributed by atoms with Gasteiger partial charge in [0, 0.05) is 42.5 Å². The molecule has 0 aliphatic carbocycles. The molecule has 0 saturated carbocycles. The monoisotopic (exact) mass is 510 g/mol. The number of nitrogens with zero attached hydrogens (tertiary/aromatic N) is 2. The maximum Gasteiger partial charge on any atom is 0.280 e. The number of pyridine rings is 1. The van der Waals surface area contributed by atoms with Crippen molar-refractivity contribution in [1.29, 1.82) is 0 Å². The van der Waals surface area contributed by atoms with Crippen molar-refractivity contribution < 1.29 is 22.7 Å². The average molecular weight is 511 g/mol. The summed E-state index contributed by atoms with van der Waals surface area (Å²) in [6.45, 7) is 1.91. The fourth-order valence-corrected chi connectivity index (χ4v) is 4.63. The van der Waals surface area contributed by atoms with Gasteiger partial charge in [-0.25, -0.2) is 13.2 Å². The molecule has 7 nitrogen and oxygen atoms in total. The Bertz CT molecular complexity index is 1490. The molecule has 1 aliphatic heterocycles. The molecule has 0 spiro atoms. The van der Waals surface area contributed by atoms with Gasteiger partial charge in [0.1, 0.15) is 11.5 Å². The molecule has 0 atom stereocenters. The Morgan fingerprint density at radius 3 is 2.76 bits per heavy atom. The summed E-state index contributed by atoms with van der Waals surface area (Å²) in [5.74, 6) is -0.604. The number of alkyl halides is 2. The van der Waals surface area contributed by atoms with Crippen molar-refractivity contribution in [1.82, 2.24) is 20.1 Å². The van der Waals surface area contributed by atoms with Crippen LogP contribution >= 0.6 is 0 Å². The Morgan fingerprint density at radius 2 is 1.97 bits per heavy atom. The molecule has 2 N–H and O–H groups in total. The summed E-state index contributed by atoms with van der Waals surface area (Å²) in [5, 5.41) is 9.85. The van der Waals surface area contributed by atoms with Gasteiger partial charge in [0.15, 0.2) is 0 Å². The lowest BCUT2D eigenvalue weighted by Crippen LogP contribution is -2.32. The first kappa shape index (κ1) is 24.8. The summed E-state index contributed by atoms with van der Waals surface area (Å²) in [6, 6.07) is 10.6. The van der Waals surface area contributed by atoms with E-state index in [1.54, 1.807) is 36.5 Å². The Labute approximate surface area is 210 Å². The lowest BCUT2D eigenvalue weighted by Gasteiger charge is -2.22. The van der Waals surface area contributed by atoms with Crippen molar-refractivity contribution in [3.05, 3.63) is 87.9 Å². The van der Waals surface area contributed by atoms with E-state index in [1.807, 2.05) is 0 Å². The van der Waals surface area contributed by atoms with Crippen LogP contribution in [0.25, 0.3) is 21.9 Å². The highest BCUT2D eigenvalue weighted by Gasteiger charge is 2.18. The number of hydrogen-bond donors (Lipinski definition) is 2. The molecule has 0 radical (unpaired) electrons. The molecule has 37 heavy (non-hydrogen) atoms. The molecule has 2 aromatic carbocycles. The number of nitrogens with one attached hydrogen (secondary N) is 2. The minimum atomic E-state index is -2.71. The van der Waals surface area contributed by atoms with Gasteiger partial charge in [0.05, 0.1) is 12.7 Å². The van der Waals surface area contributed by atoms with E-state index in [-0.39, 0.29) is 34.8 Å². The quantitative estimate of drug-likeness (QED) is 0.378. The first-order valence-corrected chi connectivity index (χ1v) is 12.0. The van der Waals surface area contributed by atoms with Crippen molar-refractivity contribution in [2.45, 2.75) is 25.8 Å². The number of aromatic nitrogens is 3. The number of amides is 1.